The van der Waals surface area contributed by atoms with Crippen molar-refractivity contribution in [1.82, 2.24) is 20.6 Å². The lowest BCUT2D eigenvalue weighted by atomic mass is 10.0. The predicted molar refractivity (Wildman–Crippen MR) is 133 cm³/mol. The van der Waals surface area contributed by atoms with Crippen LogP contribution in [0.15, 0.2) is 66.5 Å². The summed E-state index contributed by atoms with van der Waals surface area (Å²) in [6.45, 7) is 2.86. The summed E-state index contributed by atoms with van der Waals surface area (Å²) in [5, 5.41) is 12.4. The number of carbonyl (C=O) groups is 2. The number of Topliss-reactive ketones (excluding diaryl/α,β-unsaturated/α-hetero) is 1. The minimum absolute atomic E-state index is 0.0521. The number of hydrogen-bond acceptors (Lipinski definition) is 6. The number of fused-ring (bicyclic) bond motifs is 1. The molecule has 0 atom stereocenters. The number of benzene rings is 2. The van der Waals surface area contributed by atoms with Crippen LogP contribution in [0.25, 0.3) is 5.57 Å². The van der Waals surface area contributed by atoms with E-state index in [4.69, 9.17) is 5.84 Å². The number of halogens is 1. The lowest BCUT2D eigenvalue weighted by Gasteiger charge is -2.19. The maximum Gasteiger partial charge on any atom is 0.257 e. The van der Waals surface area contributed by atoms with Crippen molar-refractivity contribution in [3.05, 3.63) is 100 Å². The second-order valence-electron chi connectivity index (χ2n) is 8.44. The molecule has 8 nitrogen and oxygen atoms in total. The summed E-state index contributed by atoms with van der Waals surface area (Å²) < 4.78 is 15.2. The van der Waals surface area contributed by atoms with Crippen LogP contribution in [0, 0.1) is 12.7 Å². The molecule has 3 aromatic rings. The van der Waals surface area contributed by atoms with Gasteiger partial charge >= 0.3 is 0 Å². The van der Waals surface area contributed by atoms with Crippen LogP contribution in [0.4, 0.5) is 15.8 Å². The second kappa shape index (κ2) is 9.11. The number of allylic oxidation sites excluding steroid dienone is 2. The molecule has 0 fully saturated rings. The fourth-order valence-corrected chi connectivity index (χ4v) is 4.38. The van der Waals surface area contributed by atoms with Gasteiger partial charge in [-0.15, -0.1) is 0 Å². The molecule has 0 unspecified atom stereocenters. The lowest BCUT2D eigenvalue weighted by Crippen LogP contribution is -2.34. The number of nitrogens with two attached hydrogens (primary N) is 1. The van der Waals surface area contributed by atoms with E-state index >= 15 is 0 Å². The number of ketones is 1. The van der Waals surface area contributed by atoms with Crippen molar-refractivity contribution < 1.29 is 14.0 Å². The standard InChI is InChI=1S/C26H25FN6O2/c1-15-7-8-17(27)12-19(15)26(35)32-22-11-16(9-10-30-22)25-24(31-18-5-3-2-4-6-18)23-20(33(25)28)13-29-14-21(23)34/h2-9,11-12,29-31H,10,13-14,28H2,1H3,(H,32,35). The van der Waals surface area contributed by atoms with E-state index in [2.05, 4.69) is 21.3 Å². The third-order valence-electron chi connectivity index (χ3n) is 6.09. The van der Waals surface area contributed by atoms with Crippen LogP contribution in [0.5, 0.6) is 0 Å². The zero-order valence-electron chi connectivity index (χ0n) is 19.1. The molecule has 9 heteroatoms. The van der Waals surface area contributed by atoms with Gasteiger partial charge < -0.3 is 27.1 Å². The van der Waals surface area contributed by atoms with Gasteiger partial charge in [0.25, 0.3) is 5.91 Å². The van der Waals surface area contributed by atoms with Gasteiger partial charge in [-0.2, -0.15) is 0 Å². The maximum atomic E-state index is 13.7. The smallest absolute Gasteiger partial charge is 0.257 e. The Morgan fingerprint density at radius 2 is 1.94 bits per heavy atom. The molecular formula is C26H25FN6O2. The summed E-state index contributed by atoms with van der Waals surface area (Å²) in [6, 6.07) is 13.6. The number of nitrogens with zero attached hydrogens (tertiary/aromatic N) is 1. The summed E-state index contributed by atoms with van der Waals surface area (Å²) in [5.74, 6) is 6.01. The highest BCUT2D eigenvalue weighted by atomic mass is 19.1. The SMILES string of the molecule is Cc1ccc(F)cc1C(=O)NC1=CC(c2c(Nc3ccccc3)c3c(n2N)CNCC3=O)=CCN1. The second-order valence-corrected chi connectivity index (χ2v) is 8.44. The van der Waals surface area contributed by atoms with Gasteiger partial charge in [-0.3, -0.25) is 14.3 Å². The number of amides is 1. The van der Waals surface area contributed by atoms with Crippen LogP contribution >= 0.6 is 0 Å². The van der Waals surface area contributed by atoms with E-state index in [1.165, 1.54) is 16.8 Å². The normalized spacial score (nSPS) is 15.0. The van der Waals surface area contributed by atoms with Crippen molar-refractivity contribution in [1.29, 1.82) is 0 Å². The van der Waals surface area contributed by atoms with E-state index in [0.717, 1.165) is 11.3 Å². The Morgan fingerprint density at radius 1 is 1.14 bits per heavy atom. The first-order chi connectivity index (χ1) is 16.9. The Hall–Kier alpha value is -4.37. The van der Waals surface area contributed by atoms with Gasteiger partial charge in [0.15, 0.2) is 5.78 Å². The third-order valence-corrected chi connectivity index (χ3v) is 6.09. The minimum atomic E-state index is -0.478. The number of aryl methyl sites for hydroxylation is 1. The number of anilines is 2. The summed E-state index contributed by atoms with van der Waals surface area (Å²) in [4.78, 5) is 25.7. The summed E-state index contributed by atoms with van der Waals surface area (Å²) in [7, 11) is 0. The molecule has 2 aliphatic rings. The highest BCUT2D eigenvalue weighted by molar-refractivity contribution is 6.08. The molecule has 5 rings (SSSR count). The first-order valence-corrected chi connectivity index (χ1v) is 11.2. The van der Waals surface area contributed by atoms with E-state index in [9.17, 15) is 14.0 Å². The molecule has 0 aliphatic carbocycles. The molecule has 1 aromatic heterocycles. The van der Waals surface area contributed by atoms with Crippen LogP contribution in [-0.2, 0) is 6.54 Å². The number of aromatic nitrogens is 1. The molecule has 0 bridgehead atoms. The van der Waals surface area contributed by atoms with Crippen LogP contribution in [0.1, 0.15) is 37.7 Å². The average Bonchev–Trinajstić information content (AvgIpc) is 3.13. The number of nitrogen functional groups attached to an aromatic ring is 1. The average molecular weight is 473 g/mol. The zero-order valence-corrected chi connectivity index (χ0v) is 19.1. The van der Waals surface area contributed by atoms with Crippen molar-refractivity contribution in [3.63, 3.8) is 0 Å². The highest BCUT2D eigenvalue weighted by Crippen LogP contribution is 2.37. The van der Waals surface area contributed by atoms with Gasteiger partial charge in [0.2, 0.25) is 0 Å². The Balaban J connectivity index is 1.52. The molecule has 0 radical (unpaired) electrons. The quantitative estimate of drug-likeness (QED) is 0.365. The number of para-hydroxylation sites is 1. The van der Waals surface area contributed by atoms with Crippen molar-refractivity contribution in [3.8, 4) is 0 Å². The Kier molecular flexibility index (Phi) is 5.84. The van der Waals surface area contributed by atoms with Gasteiger partial charge in [-0.25, -0.2) is 4.39 Å². The zero-order chi connectivity index (χ0) is 24.5. The number of carbonyl (C=O) groups excluding carboxylic acids is 2. The molecular weight excluding hydrogens is 447 g/mol. The Morgan fingerprint density at radius 3 is 2.74 bits per heavy atom. The molecule has 6 N–H and O–H groups in total. The minimum Gasteiger partial charge on any atom is -0.368 e. The molecule has 3 heterocycles. The molecule has 2 aliphatic heterocycles. The summed E-state index contributed by atoms with van der Waals surface area (Å²) in [5.41, 5.74) is 4.97. The van der Waals surface area contributed by atoms with E-state index in [1.807, 2.05) is 36.4 Å². The fraction of sp³-hybridized carbons (Fsp3) is 0.154. The van der Waals surface area contributed by atoms with E-state index in [1.54, 1.807) is 19.1 Å². The van der Waals surface area contributed by atoms with Crippen LogP contribution < -0.4 is 27.1 Å². The fourth-order valence-electron chi connectivity index (χ4n) is 4.38. The van der Waals surface area contributed by atoms with Crippen molar-refractivity contribution in [2.75, 3.05) is 24.2 Å². The number of nitrogens with one attached hydrogen (secondary N) is 4. The molecule has 35 heavy (non-hydrogen) atoms. The van der Waals surface area contributed by atoms with Gasteiger partial charge in [0, 0.05) is 29.9 Å². The monoisotopic (exact) mass is 472 g/mol. The maximum absolute atomic E-state index is 13.7. The lowest BCUT2D eigenvalue weighted by molar-refractivity contribution is 0.0959. The molecule has 0 saturated carbocycles. The van der Waals surface area contributed by atoms with Gasteiger partial charge in [0.05, 0.1) is 29.2 Å². The third kappa shape index (κ3) is 4.29. The van der Waals surface area contributed by atoms with Crippen molar-refractivity contribution in [2.45, 2.75) is 13.5 Å². The van der Waals surface area contributed by atoms with Crippen LogP contribution in [-0.4, -0.2) is 29.5 Å². The van der Waals surface area contributed by atoms with Gasteiger partial charge in [-0.05, 0) is 42.8 Å². The van der Waals surface area contributed by atoms with Crippen LogP contribution in [0.2, 0.25) is 0 Å². The highest BCUT2D eigenvalue weighted by Gasteiger charge is 2.31. The molecule has 1 amide bonds. The molecule has 0 saturated heterocycles. The van der Waals surface area contributed by atoms with E-state index in [0.29, 0.717) is 47.1 Å². The Bertz CT molecular complexity index is 1390. The molecule has 2 aromatic carbocycles. The van der Waals surface area contributed by atoms with Crippen molar-refractivity contribution >= 4 is 28.6 Å². The number of rotatable bonds is 5. The van der Waals surface area contributed by atoms with E-state index in [-0.39, 0.29) is 17.9 Å². The molecule has 178 valence electrons. The predicted octanol–water partition coefficient (Wildman–Crippen LogP) is 2.94. The summed E-state index contributed by atoms with van der Waals surface area (Å²) >= 11 is 0. The largest absolute Gasteiger partial charge is 0.368 e. The first-order valence-electron chi connectivity index (χ1n) is 11.2. The first kappa shape index (κ1) is 22.4. The van der Waals surface area contributed by atoms with Crippen molar-refractivity contribution in [2.24, 2.45) is 0 Å². The van der Waals surface area contributed by atoms with E-state index < -0.39 is 11.7 Å². The van der Waals surface area contributed by atoms with Crippen LogP contribution in [0.3, 0.4) is 0 Å². The number of hydrogen-bond donors (Lipinski definition) is 5. The summed E-state index contributed by atoms with van der Waals surface area (Å²) in [6.07, 6.45) is 3.69. The Labute approximate surface area is 201 Å². The molecule has 0 spiro atoms. The topological polar surface area (TPSA) is 113 Å². The van der Waals surface area contributed by atoms with Gasteiger partial charge in [-0.1, -0.05) is 30.3 Å². The van der Waals surface area contributed by atoms with Gasteiger partial charge in [0.1, 0.15) is 11.6 Å². The number of dihydropyridines is 1.